The minimum atomic E-state index is 0.632. The number of benzene rings is 5. The molecule has 0 atom stereocenters. The van der Waals surface area contributed by atoms with E-state index in [0.717, 1.165) is 77.4 Å². The van der Waals surface area contributed by atoms with Gasteiger partial charge in [-0.15, -0.1) is 0 Å². The monoisotopic (exact) mass is 592 g/mol. The van der Waals surface area contributed by atoms with E-state index in [2.05, 4.69) is 49.1 Å². The van der Waals surface area contributed by atoms with E-state index >= 15 is 0 Å². The zero-order valence-corrected chi connectivity index (χ0v) is 25.2. The average Bonchev–Trinajstić information content (AvgIpc) is 3.50. The minimum Gasteiger partial charge on any atom is -0.456 e. The van der Waals surface area contributed by atoms with Crippen molar-refractivity contribution in [2.45, 2.75) is 6.92 Å². The van der Waals surface area contributed by atoms with Gasteiger partial charge in [0.2, 0.25) is 0 Å². The van der Waals surface area contributed by atoms with Crippen LogP contribution in [0.1, 0.15) is 12.6 Å². The first-order valence-corrected chi connectivity index (χ1v) is 15.2. The number of hydrogen-bond donors (Lipinski definition) is 0. The van der Waals surface area contributed by atoms with Gasteiger partial charge in [0.05, 0.1) is 22.4 Å². The molecule has 5 nitrogen and oxygen atoms in total. The number of hydrogen-bond acceptors (Lipinski definition) is 5. The largest absolute Gasteiger partial charge is 0.456 e. The smallest absolute Gasteiger partial charge is 0.161 e. The van der Waals surface area contributed by atoms with E-state index in [1.807, 2.05) is 97.9 Å². The summed E-state index contributed by atoms with van der Waals surface area (Å²) in [5.74, 6) is 1.29. The summed E-state index contributed by atoms with van der Waals surface area (Å²) in [6, 6.07) is 38.7. The number of aromatic nitrogens is 4. The summed E-state index contributed by atoms with van der Waals surface area (Å²) in [7, 11) is 0. The minimum absolute atomic E-state index is 0.632. The second kappa shape index (κ2) is 11.4. The highest BCUT2D eigenvalue weighted by molar-refractivity contribution is 6.13. The maximum atomic E-state index is 6.38. The second-order valence-corrected chi connectivity index (χ2v) is 11.0. The van der Waals surface area contributed by atoms with Crippen LogP contribution < -0.4 is 0 Å². The molecule has 0 amide bonds. The number of nitrogens with zero attached hydrogens (tertiary/aromatic N) is 4. The first-order valence-electron chi connectivity index (χ1n) is 15.2. The molecule has 0 saturated heterocycles. The summed E-state index contributed by atoms with van der Waals surface area (Å²) in [5.41, 5.74) is 8.92. The number of furan rings is 1. The van der Waals surface area contributed by atoms with Gasteiger partial charge in [-0.25, -0.2) is 19.9 Å². The molecule has 46 heavy (non-hydrogen) atoms. The van der Waals surface area contributed by atoms with Crippen molar-refractivity contribution in [2.75, 3.05) is 0 Å². The maximum Gasteiger partial charge on any atom is 0.161 e. The van der Waals surface area contributed by atoms with Gasteiger partial charge in [0.25, 0.3) is 0 Å². The third-order valence-corrected chi connectivity index (χ3v) is 8.24. The van der Waals surface area contributed by atoms with Crippen LogP contribution in [0.4, 0.5) is 0 Å². The highest BCUT2D eigenvalue weighted by atomic mass is 16.3. The van der Waals surface area contributed by atoms with Gasteiger partial charge in [-0.1, -0.05) is 110 Å². The summed E-state index contributed by atoms with van der Waals surface area (Å²) in [4.78, 5) is 20.3. The molecule has 0 aliphatic rings. The Morgan fingerprint density at radius 3 is 2.17 bits per heavy atom. The molecule has 0 radical (unpaired) electrons. The Morgan fingerprint density at radius 2 is 1.37 bits per heavy atom. The molecule has 3 heterocycles. The molecule has 8 rings (SSSR count). The Bertz CT molecular complexity index is 2510. The van der Waals surface area contributed by atoms with E-state index in [1.165, 1.54) is 0 Å². The number of rotatable bonds is 6. The van der Waals surface area contributed by atoms with E-state index in [-0.39, 0.29) is 0 Å². The lowest BCUT2D eigenvalue weighted by atomic mass is 10.0. The summed E-state index contributed by atoms with van der Waals surface area (Å²) in [5, 5.41) is 3.91. The van der Waals surface area contributed by atoms with E-state index in [4.69, 9.17) is 24.4 Å². The molecule has 0 N–H and O–H groups in total. The van der Waals surface area contributed by atoms with Crippen LogP contribution in [0.25, 0.3) is 83.4 Å². The molecule has 0 saturated carbocycles. The van der Waals surface area contributed by atoms with Crippen LogP contribution in [-0.2, 0) is 0 Å². The Balaban J connectivity index is 1.35. The van der Waals surface area contributed by atoms with Crippen LogP contribution in [0.15, 0.2) is 151 Å². The molecule has 5 aromatic carbocycles. The van der Waals surface area contributed by atoms with Crippen molar-refractivity contribution in [1.29, 1.82) is 0 Å². The van der Waals surface area contributed by atoms with Crippen LogP contribution in [-0.4, -0.2) is 19.9 Å². The average molecular weight is 593 g/mol. The molecule has 0 bridgehead atoms. The molecule has 0 unspecified atom stereocenters. The molecule has 0 aliphatic carbocycles. The third kappa shape index (κ3) is 4.66. The second-order valence-electron chi connectivity index (χ2n) is 11.0. The summed E-state index contributed by atoms with van der Waals surface area (Å²) >= 11 is 0. The van der Waals surface area contributed by atoms with Crippen LogP contribution in [0.3, 0.4) is 0 Å². The van der Waals surface area contributed by atoms with Gasteiger partial charge in [0, 0.05) is 38.2 Å². The molecule has 0 aliphatic heterocycles. The lowest BCUT2D eigenvalue weighted by molar-refractivity contribution is 0.669. The first kappa shape index (κ1) is 27.4. The fourth-order valence-electron chi connectivity index (χ4n) is 6.07. The van der Waals surface area contributed by atoms with Gasteiger partial charge >= 0.3 is 0 Å². The van der Waals surface area contributed by atoms with E-state index in [9.17, 15) is 0 Å². The fourth-order valence-corrected chi connectivity index (χ4v) is 6.07. The van der Waals surface area contributed by atoms with Crippen molar-refractivity contribution in [1.82, 2.24) is 19.9 Å². The number of para-hydroxylation sites is 2. The van der Waals surface area contributed by atoms with Crippen molar-refractivity contribution < 1.29 is 4.42 Å². The molecule has 8 aromatic rings. The van der Waals surface area contributed by atoms with Gasteiger partial charge in [0.1, 0.15) is 11.2 Å². The van der Waals surface area contributed by atoms with Gasteiger partial charge in [0.15, 0.2) is 11.6 Å². The maximum absolute atomic E-state index is 6.38. The molecule has 5 heteroatoms. The van der Waals surface area contributed by atoms with Crippen LogP contribution in [0, 0.1) is 0 Å². The number of fused-ring (bicyclic) bond motifs is 5. The van der Waals surface area contributed by atoms with Crippen molar-refractivity contribution in [2.24, 2.45) is 0 Å². The lowest BCUT2D eigenvalue weighted by Gasteiger charge is -2.11. The van der Waals surface area contributed by atoms with Crippen LogP contribution >= 0.6 is 0 Å². The van der Waals surface area contributed by atoms with Gasteiger partial charge < -0.3 is 4.42 Å². The molecule has 0 spiro atoms. The molecule has 0 fully saturated rings. The molecule has 218 valence electrons. The normalized spacial score (nSPS) is 12.2. The van der Waals surface area contributed by atoms with Gasteiger partial charge in [-0.05, 0) is 48.9 Å². The zero-order valence-electron chi connectivity index (χ0n) is 25.2. The Hall–Kier alpha value is -6.20. The first-order chi connectivity index (χ1) is 22.7. The highest BCUT2D eigenvalue weighted by Gasteiger charge is 2.19. The Kier molecular flexibility index (Phi) is 6.77. The van der Waals surface area contributed by atoms with Crippen molar-refractivity contribution in [3.05, 3.63) is 152 Å². The topological polar surface area (TPSA) is 64.7 Å². The summed E-state index contributed by atoms with van der Waals surface area (Å²) in [6.45, 7) is 5.86. The van der Waals surface area contributed by atoms with Crippen molar-refractivity contribution in [3.8, 4) is 34.0 Å². The standard InChI is InChI=1S/C41H28N4O/c1-3-5-14-26(4-2)38-29-17-9-12-21-34(29)43-41(45-38)31-19-13-22-36-37(31)32-25-28(23-24-35(32)46-36)40-42-33-20-11-10-18-30(33)39(44-40)27-15-7-6-8-16-27/h3-25H,1H2,2H3/b14-5-,26-4+. The van der Waals surface area contributed by atoms with E-state index in [1.54, 1.807) is 6.08 Å². The SMILES string of the molecule is C=C/C=C\C(=C/C)c1nc(-c2cccc3oc4ccc(-c5nc(-c6ccccc6)c6ccccc6n5)cc4c23)nc2ccccc12. The van der Waals surface area contributed by atoms with E-state index < -0.39 is 0 Å². The van der Waals surface area contributed by atoms with E-state index in [0.29, 0.717) is 11.6 Å². The van der Waals surface area contributed by atoms with Gasteiger partial charge in [-0.2, -0.15) is 0 Å². The summed E-state index contributed by atoms with van der Waals surface area (Å²) in [6.07, 6.45) is 7.78. The Morgan fingerprint density at radius 1 is 0.630 bits per heavy atom. The quantitative estimate of drug-likeness (QED) is 0.180. The molecule has 3 aromatic heterocycles. The fraction of sp³-hybridized carbons (Fsp3) is 0.0244. The van der Waals surface area contributed by atoms with Crippen molar-refractivity contribution in [3.63, 3.8) is 0 Å². The van der Waals surface area contributed by atoms with Gasteiger partial charge in [-0.3, -0.25) is 0 Å². The zero-order chi connectivity index (χ0) is 31.0. The van der Waals surface area contributed by atoms with Crippen LogP contribution in [0.5, 0.6) is 0 Å². The van der Waals surface area contributed by atoms with Crippen molar-refractivity contribution >= 4 is 49.3 Å². The third-order valence-electron chi connectivity index (χ3n) is 8.24. The molecular weight excluding hydrogens is 564 g/mol. The molecular formula is C41H28N4O. The van der Waals surface area contributed by atoms with Crippen LogP contribution in [0.2, 0.25) is 0 Å². The summed E-state index contributed by atoms with van der Waals surface area (Å²) < 4.78 is 6.38. The lowest BCUT2D eigenvalue weighted by Crippen LogP contribution is -1.98. The highest BCUT2D eigenvalue weighted by Crippen LogP contribution is 2.39. The Labute approximate surface area is 265 Å². The number of allylic oxidation sites excluding steroid dienone is 5. The predicted molar refractivity (Wildman–Crippen MR) is 189 cm³/mol. The predicted octanol–water partition coefficient (Wildman–Crippen LogP) is 10.6.